The third-order valence-corrected chi connectivity index (χ3v) is 2.25. The van der Waals surface area contributed by atoms with Crippen LogP contribution >= 0.6 is 11.3 Å². The molecule has 1 aromatic heterocycles. The van der Waals surface area contributed by atoms with Crippen LogP contribution in [0.15, 0.2) is 5.38 Å². The topological polar surface area (TPSA) is 51.2 Å². The van der Waals surface area contributed by atoms with Crippen molar-refractivity contribution in [1.29, 1.82) is 0 Å². The second-order valence-corrected chi connectivity index (χ2v) is 3.37. The molecule has 0 bridgehead atoms. The fraction of sp³-hybridized carbons (Fsp3) is 0.500. The number of thiazole rings is 1. The zero-order chi connectivity index (χ0) is 9.68. The Balaban J connectivity index is 2.44. The van der Waals surface area contributed by atoms with Crippen molar-refractivity contribution in [2.75, 3.05) is 25.6 Å². The maximum absolute atomic E-state index is 10.9. The highest BCUT2D eigenvalue weighted by molar-refractivity contribution is 7.13. The summed E-state index contributed by atoms with van der Waals surface area (Å²) in [6.07, 6.45) is 0. The quantitative estimate of drug-likeness (QED) is 0.576. The second kappa shape index (κ2) is 4.94. The lowest BCUT2D eigenvalue weighted by Gasteiger charge is -1.99. The number of nitrogens with one attached hydrogen (secondary N) is 1. The Hall–Kier alpha value is -0.940. The smallest absolute Gasteiger partial charge is 0.183 e. The van der Waals surface area contributed by atoms with Gasteiger partial charge in [0.15, 0.2) is 10.9 Å². The number of ketones is 1. The van der Waals surface area contributed by atoms with Gasteiger partial charge in [-0.3, -0.25) is 4.79 Å². The molecule has 0 aliphatic rings. The normalized spacial score (nSPS) is 10.0. The summed E-state index contributed by atoms with van der Waals surface area (Å²) in [5, 5.41) is 5.56. The number of carbonyl (C=O) groups excluding carboxylic acids is 1. The number of anilines is 1. The van der Waals surface area contributed by atoms with Gasteiger partial charge in [-0.05, 0) is 0 Å². The largest absolute Gasteiger partial charge is 0.383 e. The van der Waals surface area contributed by atoms with E-state index in [1.807, 2.05) is 0 Å². The van der Waals surface area contributed by atoms with E-state index >= 15 is 0 Å². The van der Waals surface area contributed by atoms with Crippen LogP contribution in [0.1, 0.15) is 17.4 Å². The predicted molar refractivity (Wildman–Crippen MR) is 52.5 cm³/mol. The Bertz CT molecular complexity index is 285. The van der Waals surface area contributed by atoms with Gasteiger partial charge in [0.1, 0.15) is 5.69 Å². The number of methoxy groups -OCH3 is 1. The number of hydrogen-bond donors (Lipinski definition) is 1. The Morgan fingerprint density at radius 3 is 3.08 bits per heavy atom. The zero-order valence-corrected chi connectivity index (χ0v) is 8.48. The molecule has 72 valence electrons. The number of ether oxygens (including phenoxy) is 1. The summed E-state index contributed by atoms with van der Waals surface area (Å²) in [7, 11) is 1.64. The first-order valence-corrected chi connectivity index (χ1v) is 4.81. The molecule has 0 aromatic carbocycles. The minimum absolute atomic E-state index is 0.00367. The van der Waals surface area contributed by atoms with Crippen LogP contribution in [0.4, 0.5) is 5.13 Å². The van der Waals surface area contributed by atoms with Crippen molar-refractivity contribution in [2.24, 2.45) is 0 Å². The third kappa shape index (κ3) is 3.12. The van der Waals surface area contributed by atoms with Gasteiger partial charge in [0.2, 0.25) is 0 Å². The Kier molecular flexibility index (Phi) is 3.85. The van der Waals surface area contributed by atoms with Crippen LogP contribution < -0.4 is 5.32 Å². The van der Waals surface area contributed by atoms with Crippen molar-refractivity contribution in [3.05, 3.63) is 11.1 Å². The van der Waals surface area contributed by atoms with Gasteiger partial charge >= 0.3 is 0 Å². The lowest BCUT2D eigenvalue weighted by molar-refractivity contribution is 0.101. The van der Waals surface area contributed by atoms with Crippen LogP contribution in [0.5, 0.6) is 0 Å². The third-order valence-electron chi connectivity index (χ3n) is 1.45. The fourth-order valence-electron chi connectivity index (χ4n) is 0.777. The van der Waals surface area contributed by atoms with Crippen LogP contribution in [-0.2, 0) is 4.74 Å². The molecule has 0 amide bonds. The summed E-state index contributed by atoms with van der Waals surface area (Å²) in [4.78, 5) is 15.0. The molecule has 0 fully saturated rings. The summed E-state index contributed by atoms with van der Waals surface area (Å²) in [5.41, 5.74) is 0.518. The number of hydrogen-bond acceptors (Lipinski definition) is 5. The highest BCUT2D eigenvalue weighted by Crippen LogP contribution is 2.14. The molecule has 1 rings (SSSR count). The molecule has 1 heterocycles. The van der Waals surface area contributed by atoms with Crippen LogP contribution in [0.25, 0.3) is 0 Å². The summed E-state index contributed by atoms with van der Waals surface area (Å²) in [6, 6.07) is 0. The number of carbonyl (C=O) groups is 1. The first kappa shape index (κ1) is 10.1. The molecule has 0 atom stereocenters. The van der Waals surface area contributed by atoms with Crippen LogP contribution in [-0.4, -0.2) is 31.0 Å². The summed E-state index contributed by atoms with van der Waals surface area (Å²) in [6.45, 7) is 2.85. The van der Waals surface area contributed by atoms with Gasteiger partial charge in [0, 0.05) is 26.0 Å². The van der Waals surface area contributed by atoms with Gasteiger partial charge in [0.25, 0.3) is 0 Å². The van der Waals surface area contributed by atoms with E-state index in [0.29, 0.717) is 18.8 Å². The lowest BCUT2D eigenvalue weighted by Crippen LogP contribution is -2.07. The average Bonchev–Trinajstić information content (AvgIpc) is 2.53. The highest BCUT2D eigenvalue weighted by atomic mass is 32.1. The molecule has 13 heavy (non-hydrogen) atoms. The SMILES string of the molecule is COCCNc1nc(C(C)=O)cs1. The molecule has 0 unspecified atom stereocenters. The van der Waals surface area contributed by atoms with E-state index in [4.69, 9.17) is 4.74 Å². The van der Waals surface area contributed by atoms with Gasteiger partial charge in [-0.25, -0.2) is 4.98 Å². The maximum atomic E-state index is 10.9. The molecule has 0 aliphatic heterocycles. The van der Waals surface area contributed by atoms with E-state index in [2.05, 4.69) is 10.3 Å². The minimum atomic E-state index is -0.00367. The van der Waals surface area contributed by atoms with Crippen molar-refractivity contribution >= 4 is 22.3 Å². The molecule has 0 saturated heterocycles. The standard InChI is InChI=1S/C8H12N2O2S/c1-6(11)7-5-13-8(10-7)9-3-4-12-2/h5H,3-4H2,1-2H3,(H,9,10). The summed E-state index contributed by atoms with van der Waals surface area (Å²) in [5.74, 6) is -0.00367. The van der Waals surface area contributed by atoms with Gasteiger partial charge in [-0.15, -0.1) is 11.3 Å². The second-order valence-electron chi connectivity index (χ2n) is 2.51. The van der Waals surface area contributed by atoms with Crippen molar-refractivity contribution in [3.63, 3.8) is 0 Å². The molecule has 0 radical (unpaired) electrons. The van der Waals surface area contributed by atoms with E-state index in [0.717, 1.165) is 5.13 Å². The molecule has 0 aliphatic carbocycles. The monoisotopic (exact) mass is 200 g/mol. The molecule has 1 N–H and O–H groups in total. The van der Waals surface area contributed by atoms with Crippen molar-refractivity contribution in [2.45, 2.75) is 6.92 Å². The van der Waals surface area contributed by atoms with E-state index < -0.39 is 0 Å². The Morgan fingerprint density at radius 1 is 1.77 bits per heavy atom. The predicted octanol–water partition coefficient (Wildman–Crippen LogP) is 1.40. The van der Waals surface area contributed by atoms with Crippen LogP contribution in [0, 0.1) is 0 Å². The highest BCUT2D eigenvalue weighted by Gasteiger charge is 2.04. The number of nitrogens with zero attached hydrogens (tertiary/aromatic N) is 1. The first-order valence-electron chi connectivity index (χ1n) is 3.93. The van der Waals surface area contributed by atoms with E-state index in [9.17, 15) is 4.79 Å². The first-order chi connectivity index (χ1) is 6.24. The molecule has 4 nitrogen and oxygen atoms in total. The van der Waals surface area contributed by atoms with Crippen LogP contribution in [0.2, 0.25) is 0 Å². The van der Waals surface area contributed by atoms with Gasteiger partial charge in [0.05, 0.1) is 6.61 Å². The average molecular weight is 200 g/mol. The molecule has 5 heteroatoms. The van der Waals surface area contributed by atoms with Gasteiger partial charge < -0.3 is 10.1 Å². The molecular formula is C8H12N2O2S. The van der Waals surface area contributed by atoms with E-state index in [1.165, 1.54) is 18.3 Å². The summed E-state index contributed by atoms with van der Waals surface area (Å²) >= 11 is 1.43. The Labute approximate surface area is 80.9 Å². The fourth-order valence-corrected chi connectivity index (χ4v) is 1.56. The van der Waals surface area contributed by atoms with Crippen molar-refractivity contribution in [1.82, 2.24) is 4.98 Å². The van der Waals surface area contributed by atoms with Gasteiger partial charge in [-0.2, -0.15) is 0 Å². The summed E-state index contributed by atoms with van der Waals surface area (Å²) < 4.78 is 4.87. The lowest BCUT2D eigenvalue weighted by atomic mass is 10.4. The van der Waals surface area contributed by atoms with E-state index in [1.54, 1.807) is 12.5 Å². The van der Waals surface area contributed by atoms with Crippen molar-refractivity contribution in [3.8, 4) is 0 Å². The number of aromatic nitrogens is 1. The maximum Gasteiger partial charge on any atom is 0.183 e. The number of Topliss-reactive ketones (excluding diaryl/α,β-unsaturated/α-hetero) is 1. The molecule has 0 spiro atoms. The van der Waals surface area contributed by atoms with Crippen LogP contribution in [0.3, 0.4) is 0 Å². The number of rotatable bonds is 5. The van der Waals surface area contributed by atoms with E-state index in [-0.39, 0.29) is 5.78 Å². The van der Waals surface area contributed by atoms with Gasteiger partial charge in [-0.1, -0.05) is 0 Å². The minimum Gasteiger partial charge on any atom is -0.383 e. The molecule has 1 aromatic rings. The molecular weight excluding hydrogens is 188 g/mol. The van der Waals surface area contributed by atoms with Crippen molar-refractivity contribution < 1.29 is 9.53 Å². The Morgan fingerprint density at radius 2 is 2.54 bits per heavy atom. The molecule has 0 saturated carbocycles. The zero-order valence-electron chi connectivity index (χ0n) is 7.66.